The van der Waals surface area contributed by atoms with E-state index in [1.807, 2.05) is 7.05 Å². The molecule has 2 aliphatic carbocycles. The molecule has 2 aliphatic rings. The topological polar surface area (TPSA) is 21.3 Å². The van der Waals surface area contributed by atoms with Gasteiger partial charge in [0, 0.05) is 6.04 Å². The van der Waals surface area contributed by atoms with E-state index in [9.17, 15) is 0 Å². The van der Waals surface area contributed by atoms with Crippen LogP contribution in [-0.2, 0) is 4.74 Å². The van der Waals surface area contributed by atoms with Gasteiger partial charge < -0.3 is 10.1 Å². The minimum atomic E-state index is 0.597. The van der Waals surface area contributed by atoms with E-state index in [0.717, 1.165) is 12.5 Å². The first-order chi connectivity index (χ1) is 5.90. The van der Waals surface area contributed by atoms with Crippen LogP contribution in [0.15, 0.2) is 0 Å². The number of hydrogen-bond acceptors (Lipinski definition) is 2. The summed E-state index contributed by atoms with van der Waals surface area (Å²) in [6.45, 7) is 0.936. The van der Waals surface area contributed by atoms with E-state index in [1.54, 1.807) is 0 Å². The maximum atomic E-state index is 5.77. The monoisotopic (exact) mass is 169 g/mol. The molecule has 0 aromatic heterocycles. The highest BCUT2D eigenvalue weighted by atomic mass is 16.5. The van der Waals surface area contributed by atoms with E-state index in [-0.39, 0.29) is 0 Å². The molecule has 1 unspecified atom stereocenters. The summed E-state index contributed by atoms with van der Waals surface area (Å²) in [5, 5.41) is 3.34. The van der Waals surface area contributed by atoms with Crippen LogP contribution in [0.5, 0.6) is 0 Å². The highest BCUT2D eigenvalue weighted by molar-refractivity contribution is 4.85. The molecule has 0 bridgehead atoms. The van der Waals surface area contributed by atoms with Crippen LogP contribution in [0.2, 0.25) is 0 Å². The molecule has 0 saturated heterocycles. The Balaban J connectivity index is 1.62. The van der Waals surface area contributed by atoms with Crippen molar-refractivity contribution in [3.05, 3.63) is 0 Å². The molecule has 0 heterocycles. The van der Waals surface area contributed by atoms with Crippen LogP contribution < -0.4 is 5.32 Å². The van der Waals surface area contributed by atoms with Gasteiger partial charge in [0.2, 0.25) is 0 Å². The quantitative estimate of drug-likeness (QED) is 0.674. The molecule has 2 saturated carbocycles. The maximum Gasteiger partial charge on any atom is 0.0625 e. The van der Waals surface area contributed by atoms with Crippen molar-refractivity contribution in [3.8, 4) is 0 Å². The molecular formula is C10H19NO. The van der Waals surface area contributed by atoms with Crippen molar-refractivity contribution in [2.45, 2.75) is 44.2 Å². The molecule has 0 amide bonds. The number of likely N-dealkylation sites (N-methyl/N-ethyl adjacent to an activating group) is 1. The predicted molar refractivity (Wildman–Crippen MR) is 49.2 cm³/mol. The van der Waals surface area contributed by atoms with Crippen molar-refractivity contribution in [2.75, 3.05) is 13.7 Å². The molecule has 0 spiro atoms. The Morgan fingerprint density at radius 2 is 2.08 bits per heavy atom. The highest BCUT2D eigenvalue weighted by Gasteiger charge is 2.31. The standard InChI is InChI=1S/C10H19NO/c1-11-10(8-5-6-8)7-12-9-3-2-4-9/h8-11H,2-7H2,1H3. The van der Waals surface area contributed by atoms with Crippen LogP contribution >= 0.6 is 0 Å². The highest BCUT2D eigenvalue weighted by Crippen LogP contribution is 2.33. The van der Waals surface area contributed by atoms with E-state index < -0.39 is 0 Å². The zero-order valence-electron chi connectivity index (χ0n) is 7.88. The second-order valence-electron chi connectivity index (χ2n) is 4.12. The molecular weight excluding hydrogens is 150 g/mol. The fourth-order valence-corrected chi connectivity index (χ4v) is 1.73. The average Bonchev–Trinajstić information content (AvgIpc) is 2.77. The molecule has 0 aromatic rings. The largest absolute Gasteiger partial charge is 0.377 e. The molecule has 2 rings (SSSR count). The van der Waals surface area contributed by atoms with Gasteiger partial charge in [-0.3, -0.25) is 0 Å². The Morgan fingerprint density at radius 3 is 2.50 bits per heavy atom. The van der Waals surface area contributed by atoms with Crippen molar-refractivity contribution in [1.29, 1.82) is 0 Å². The maximum absolute atomic E-state index is 5.77. The summed E-state index contributed by atoms with van der Waals surface area (Å²) < 4.78 is 5.77. The van der Waals surface area contributed by atoms with Gasteiger partial charge in [-0.2, -0.15) is 0 Å². The van der Waals surface area contributed by atoms with Crippen molar-refractivity contribution < 1.29 is 4.74 Å². The third-order valence-electron chi connectivity index (χ3n) is 3.13. The molecule has 0 radical (unpaired) electrons. The first-order valence-electron chi connectivity index (χ1n) is 5.19. The third-order valence-corrected chi connectivity index (χ3v) is 3.13. The number of hydrogen-bond donors (Lipinski definition) is 1. The summed E-state index contributed by atoms with van der Waals surface area (Å²) in [7, 11) is 2.05. The van der Waals surface area contributed by atoms with E-state index in [0.29, 0.717) is 12.1 Å². The lowest BCUT2D eigenvalue weighted by Crippen LogP contribution is -2.35. The second-order valence-corrected chi connectivity index (χ2v) is 4.12. The smallest absolute Gasteiger partial charge is 0.0625 e. The van der Waals surface area contributed by atoms with Gasteiger partial charge in [-0.25, -0.2) is 0 Å². The van der Waals surface area contributed by atoms with Gasteiger partial charge in [0.15, 0.2) is 0 Å². The second kappa shape index (κ2) is 3.75. The van der Waals surface area contributed by atoms with Crippen molar-refractivity contribution in [1.82, 2.24) is 5.32 Å². The lowest BCUT2D eigenvalue weighted by atomic mass is 9.96. The molecule has 1 atom stereocenters. The lowest BCUT2D eigenvalue weighted by Gasteiger charge is -2.27. The van der Waals surface area contributed by atoms with Crippen LogP contribution in [0.1, 0.15) is 32.1 Å². The number of nitrogens with one attached hydrogen (secondary N) is 1. The van der Waals surface area contributed by atoms with E-state index in [2.05, 4.69) is 5.32 Å². The Bertz CT molecular complexity index is 141. The minimum Gasteiger partial charge on any atom is -0.377 e. The fraction of sp³-hybridized carbons (Fsp3) is 1.00. The Kier molecular flexibility index (Phi) is 2.66. The van der Waals surface area contributed by atoms with E-state index in [4.69, 9.17) is 4.74 Å². The summed E-state index contributed by atoms with van der Waals surface area (Å²) in [6, 6.07) is 0.630. The SMILES string of the molecule is CNC(COC1CCC1)C1CC1. The molecule has 0 aliphatic heterocycles. The van der Waals surface area contributed by atoms with Gasteiger partial charge in [-0.15, -0.1) is 0 Å². The van der Waals surface area contributed by atoms with Crippen LogP contribution in [0.3, 0.4) is 0 Å². The summed E-state index contributed by atoms with van der Waals surface area (Å²) in [5.74, 6) is 0.912. The summed E-state index contributed by atoms with van der Waals surface area (Å²) in [6.07, 6.45) is 7.36. The zero-order valence-corrected chi connectivity index (χ0v) is 7.88. The Morgan fingerprint density at radius 1 is 1.33 bits per heavy atom. The number of rotatable bonds is 5. The Hall–Kier alpha value is -0.0800. The van der Waals surface area contributed by atoms with Crippen LogP contribution in [0, 0.1) is 5.92 Å². The van der Waals surface area contributed by atoms with Crippen molar-refractivity contribution in [3.63, 3.8) is 0 Å². The summed E-state index contributed by atoms with van der Waals surface area (Å²) in [5.41, 5.74) is 0. The third kappa shape index (κ3) is 1.99. The fourth-order valence-electron chi connectivity index (χ4n) is 1.73. The van der Waals surface area contributed by atoms with Gasteiger partial charge in [0.1, 0.15) is 0 Å². The van der Waals surface area contributed by atoms with Gasteiger partial charge >= 0.3 is 0 Å². The normalized spacial score (nSPS) is 26.8. The van der Waals surface area contributed by atoms with Crippen molar-refractivity contribution >= 4 is 0 Å². The molecule has 2 heteroatoms. The molecule has 2 fully saturated rings. The minimum absolute atomic E-state index is 0.597. The van der Waals surface area contributed by atoms with Gasteiger partial charge in [0.05, 0.1) is 12.7 Å². The first-order valence-corrected chi connectivity index (χ1v) is 5.19. The average molecular weight is 169 g/mol. The Labute approximate surface area is 74.7 Å². The van der Waals surface area contributed by atoms with Gasteiger partial charge in [0.25, 0.3) is 0 Å². The first kappa shape index (κ1) is 8.52. The van der Waals surface area contributed by atoms with Crippen molar-refractivity contribution in [2.24, 2.45) is 5.92 Å². The molecule has 2 nitrogen and oxygen atoms in total. The van der Waals surface area contributed by atoms with Crippen LogP contribution in [0.25, 0.3) is 0 Å². The number of ether oxygens (including phenoxy) is 1. The molecule has 1 N–H and O–H groups in total. The molecule has 0 aromatic carbocycles. The molecule has 70 valence electrons. The van der Waals surface area contributed by atoms with Gasteiger partial charge in [-0.1, -0.05) is 0 Å². The summed E-state index contributed by atoms with van der Waals surface area (Å²) >= 11 is 0. The lowest BCUT2D eigenvalue weighted by molar-refractivity contribution is -0.0101. The summed E-state index contributed by atoms with van der Waals surface area (Å²) in [4.78, 5) is 0. The van der Waals surface area contributed by atoms with Crippen LogP contribution in [0.4, 0.5) is 0 Å². The molecule has 12 heavy (non-hydrogen) atoms. The van der Waals surface area contributed by atoms with E-state index >= 15 is 0 Å². The van der Waals surface area contributed by atoms with Crippen LogP contribution in [-0.4, -0.2) is 25.8 Å². The van der Waals surface area contributed by atoms with Gasteiger partial charge in [-0.05, 0) is 45.1 Å². The zero-order chi connectivity index (χ0) is 8.39. The van der Waals surface area contributed by atoms with E-state index in [1.165, 1.54) is 32.1 Å². The predicted octanol–water partition coefficient (Wildman–Crippen LogP) is 1.55.